The van der Waals surface area contributed by atoms with Gasteiger partial charge in [-0.1, -0.05) is 0 Å². The molecule has 1 amide bonds. The molecule has 0 spiro atoms. The van der Waals surface area contributed by atoms with Gasteiger partial charge in [-0.05, 0) is 0 Å². The van der Waals surface area contributed by atoms with E-state index in [1.165, 1.54) is 0 Å². The normalized spacial score (nSPS) is 10.3. The number of ketones is 1. The van der Waals surface area contributed by atoms with E-state index in [2.05, 4.69) is 5.32 Å². The average molecular weight is 429 g/mol. The van der Waals surface area contributed by atoms with Gasteiger partial charge in [0, 0.05) is 0 Å². The molecule has 26 heavy (non-hydrogen) atoms. The summed E-state index contributed by atoms with van der Waals surface area (Å²) in [5.41, 5.74) is 1.99. The summed E-state index contributed by atoms with van der Waals surface area (Å²) in [5, 5.41) is 3.91. The van der Waals surface area contributed by atoms with Gasteiger partial charge in [0.2, 0.25) is 0 Å². The quantitative estimate of drug-likeness (QED) is 0.472. The molecule has 0 aliphatic rings. The molecule has 0 saturated heterocycles. The van der Waals surface area contributed by atoms with Gasteiger partial charge in [0.25, 0.3) is 0 Å². The summed E-state index contributed by atoms with van der Waals surface area (Å²) in [6.45, 7) is 0. The molecule has 0 unspecified atom stereocenters. The predicted molar refractivity (Wildman–Crippen MR) is 107 cm³/mol. The Morgan fingerprint density at radius 2 is 1.50 bits per heavy atom. The summed E-state index contributed by atoms with van der Waals surface area (Å²) >= 11 is 5.75. The molecule has 130 valence electrons. The van der Waals surface area contributed by atoms with Crippen LogP contribution in [0, 0.1) is 0 Å². The van der Waals surface area contributed by atoms with Crippen LogP contribution in [0.15, 0.2) is 78.9 Å². The number of Topliss-reactive ketones (excluding diaryl/α,β-unsaturated/α-hetero) is 1. The van der Waals surface area contributed by atoms with Crippen LogP contribution in [0.3, 0.4) is 0 Å². The van der Waals surface area contributed by atoms with Crippen LogP contribution in [0.4, 0.5) is 5.69 Å². The van der Waals surface area contributed by atoms with E-state index in [0.29, 0.717) is 27.2 Å². The number of rotatable bonds is 6. The first-order chi connectivity index (χ1) is 12.6. The van der Waals surface area contributed by atoms with Crippen LogP contribution in [0.5, 0.6) is 0 Å². The maximum atomic E-state index is 12.6. The number of hydrogen-bond donors (Lipinski definition) is 1. The van der Waals surface area contributed by atoms with Gasteiger partial charge >= 0.3 is 164 Å². The second-order valence-electron chi connectivity index (χ2n) is 5.54. The summed E-state index contributed by atoms with van der Waals surface area (Å²) < 4.78 is 0.913. The Balaban J connectivity index is 1.70. The first-order valence-electron chi connectivity index (χ1n) is 8.00. The molecule has 3 nitrogen and oxygen atoms in total. The number of anilines is 1. The van der Waals surface area contributed by atoms with E-state index in [4.69, 9.17) is 11.6 Å². The molecule has 0 heterocycles. The molecule has 1 N–H and O–H groups in total. The average Bonchev–Trinajstić information content (AvgIpc) is 2.68. The van der Waals surface area contributed by atoms with Crippen molar-refractivity contribution in [2.75, 3.05) is 5.32 Å². The third-order valence-electron chi connectivity index (χ3n) is 3.69. The van der Waals surface area contributed by atoms with Gasteiger partial charge in [0.05, 0.1) is 0 Å². The Hall–Kier alpha value is -2.39. The van der Waals surface area contributed by atoms with Crippen LogP contribution >= 0.6 is 11.6 Å². The molecular formula is C21H16ClNO2Se. The van der Waals surface area contributed by atoms with Gasteiger partial charge in [0.15, 0.2) is 0 Å². The first-order valence-corrected chi connectivity index (χ1v) is 10.4. The monoisotopic (exact) mass is 429 g/mol. The van der Waals surface area contributed by atoms with Crippen LogP contribution in [0.2, 0.25) is 10.3 Å². The number of carbonyl (C=O) groups excluding carboxylic acids is 2. The van der Waals surface area contributed by atoms with Crippen molar-refractivity contribution in [3.63, 3.8) is 0 Å². The Kier molecular flexibility index (Phi) is 6.24. The summed E-state index contributed by atoms with van der Waals surface area (Å²) in [6.07, 6.45) is 0. The molecule has 5 heteroatoms. The molecule has 0 aliphatic carbocycles. The van der Waals surface area contributed by atoms with Crippen molar-refractivity contribution in [3.05, 3.63) is 95.0 Å². The van der Waals surface area contributed by atoms with E-state index < -0.39 is 0 Å². The molecule has 0 radical (unpaired) electrons. The van der Waals surface area contributed by atoms with Crippen LogP contribution in [-0.4, -0.2) is 26.6 Å². The number of halogens is 1. The summed E-state index contributed by atoms with van der Waals surface area (Å²) in [6, 6.07) is 23.6. The van der Waals surface area contributed by atoms with E-state index in [1.807, 2.05) is 48.5 Å². The number of carbonyl (C=O) groups is 2. The van der Waals surface area contributed by atoms with Crippen LogP contribution in [-0.2, 0) is 0 Å². The second kappa shape index (κ2) is 8.81. The van der Waals surface area contributed by atoms with E-state index in [0.717, 1.165) is 4.46 Å². The Bertz CT molecular complexity index is 911. The van der Waals surface area contributed by atoms with Crippen LogP contribution in [0.25, 0.3) is 0 Å². The summed E-state index contributed by atoms with van der Waals surface area (Å²) in [7, 11) is 0. The minimum atomic E-state index is -0.183. The topological polar surface area (TPSA) is 46.2 Å². The Morgan fingerprint density at radius 3 is 2.23 bits per heavy atom. The second-order valence-corrected chi connectivity index (χ2v) is 8.11. The SMILES string of the molecule is O=C(C[Se]c1ccccc1C(=O)Nc1ccc(Cl)cc1)c1ccccc1. The molecular weight excluding hydrogens is 413 g/mol. The fourth-order valence-corrected chi connectivity index (χ4v) is 4.47. The van der Waals surface area contributed by atoms with E-state index in [-0.39, 0.29) is 26.6 Å². The number of benzene rings is 3. The molecule has 0 aromatic heterocycles. The molecule has 0 atom stereocenters. The number of hydrogen-bond acceptors (Lipinski definition) is 2. The molecule has 0 fully saturated rings. The van der Waals surface area contributed by atoms with E-state index >= 15 is 0 Å². The fourth-order valence-electron chi connectivity index (χ4n) is 2.36. The van der Waals surface area contributed by atoms with Gasteiger partial charge < -0.3 is 0 Å². The zero-order chi connectivity index (χ0) is 18.4. The predicted octanol–water partition coefficient (Wildman–Crippen LogP) is 4.22. The van der Waals surface area contributed by atoms with Gasteiger partial charge in [-0.15, -0.1) is 0 Å². The molecule has 0 bridgehead atoms. The van der Waals surface area contributed by atoms with Crippen molar-refractivity contribution in [2.45, 2.75) is 5.32 Å². The van der Waals surface area contributed by atoms with E-state index in [1.54, 1.807) is 30.3 Å². The van der Waals surface area contributed by atoms with Crippen molar-refractivity contribution >= 4 is 48.4 Å². The first kappa shape index (κ1) is 18.4. The van der Waals surface area contributed by atoms with Crippen molar-refractivity contribution in [1.29, 1.82) is 0 Å². The fraction of sp³-hybridized carbons (Fsp3) is 0.0476. The third kappa shape index (κ3) is 4.83. The molecule has 0 saturated carbocycles. The Labute approximate surface area is 163 Å². The third-order valence-corrected chi connectivity index (χ3v) is 6.19. The molecule has 3 rings (SSSR count). The Morgan fingerprint density at radius 1 is 0.846 bits per heavy atom. The standard InChI is InChI=1S/C21H16ClNO2Se/c22-16-10-12-17(13-11-16)23-21(25)18-8-4-5-9-20(18)26-14-19(24)15-6-2-1-3-7-15/h1-13H,14H2,(H,23,25). The van der Waals surface area contributed by atoms with Crippen LogP contribution < -0.4 is 9.78 Å². The van der Waals surface area contributed by atoms with Gasteiger partial charge in [-0.2, -0.15) is 0 Å². The molecule has 3 aromatic carbocycles. The molecule has 0 aliphatic heterocycles. The van der Waals surface area contributed by atoms with Gasteiger partial charge in [-0.25, -0.2) is 0 Å². The van der Waals surface area contributed by atoms with Gasteiger partial charge in [-0.3, -0.25) is 0 Å². The van der Waals surface area contributed by atoms with E-state index in [9.17, 15) is 9.59 Å². The van der Waals surface area contributed by atoms with Crippen molar-refractivity contribution in [2.24, 2.45) is 0 Å². The summed E-state index contributed by atoms with van der Waals surface area (Å²) in [4.78, 5) is 24.9. The zero-order valence-corrected chi connectivity index (χ0v) is 16.3. The molecule has 3 aromatic rings. The van der Waals surface area contributed by atoms with Crippen LogP contribution in [0.1, 0.15) is 20.7 Å². The maximum absolute atomic E-state index is 12.6. The number of amides is 1. The number of nitrogens with one attached hydrogen (secondary N) is 1. The summed E-state index contributed by atoms with van der Waals surface area (Å²) in [5.74, 6) is -0.0875. The van der Waals surface area contributed by atoms with Gasteiger partial charge in [0.1, 0.15) is 0 Å². The van der Waals surface area contributed by atoms with Crippen molar-refractivity contribution in [1.82, 2.24) is 0 Å². The van der Waals surface area contributed by atoms with Crippen molar-refractivity contribution < 1.29 is 9.59 Å². The zero-order valence-electron chi connectivity index (χ0n) is 13.8. The van der Waals surface area contributed by atoms with Crippen molar-refractivity contribution in [3.8, 4) is 0 Å². The minimum absolute atomic E-state index is 0.0958.